The van der Waals surface area contributed by atoms with Crippen LogP contribution in [-0.2, 0) is 25.5 Å². The van der Waals surface area contributed by atoms with Crippen molar-refractivity contribution >= 4 is 23.5 Å². The minimum atomic E-state index is -0.857. The lowest BCUT2D eigenvalue weighted by Gasteiger charge is -2.20. The summed E-state index contributed by atoms with van der Waals surface area (Å²) in [6.45, 7) is 6.12. The van der Waals surface area contributed by atoms with E-state index in [4.69, 9.17) is 4.74 Å². The molecule has 1 fully saturated rings. The predicted molar refractivity (Wildman–Crippen MR) is 90.5 cm³/mol. The standard InChI is InChI=1S/C18H24N2O4/c1-4-13-8-6-7-9-15(13)20-11-14(10-16(20)21)18(23)24-12(3)17(22)19-5-2/h6-9,12,14H,4-5,10-11H2,1-3H3,(H,19,22)/t12-,14+/m0/s1. The van der Waals surface area contributed by atoms with Crippen molar-refractivity contribution in [2.24, 2.45) is 5.92 Å². The summed E-state index contributed by atoms with van der Waals surface area (Å²) in [5.41, 5.74) is 1.91. The molecule has 0 aliphatic carbocycles. The summed E-state index contributed by atoms with van der Waals surface area (Å²) in [4.78, 5) is 37.9. The van der Waals surface area contributed by atoms with Crippen LogP contribution in [0.15, 0.2) is 24.3 Å². The lowest BCUT2D eigenvalue weighted by Crippen LogP contribution is -2.37. The molecule has 1 heterocycles. The van der Waals surface area contributed by atoms with Gasteiger partial charge in [-0.05, 0) is 31.9 Å². The average Bonchev–Trinajstić information content (AvgIpc) is 2.96. The van der Waals surface area contributed by atoms with Crippen LogP contribution in [0.25, 0.3) is 0 Å². The number of ether oxygens (including phenoxy) is 1. The topological polar surface area (TPSA) is 75.7 Å². The first-order valence-electron chi connectivity index (χ1n) is 8.34. The molecule has 2 rings (SSSR count). The molecule has 1 aromatic carbocycles. The number of hydrogen-bond acceptors (Lipinski definition) is 4. The lowest BCUT2D eigenvalue weighted by molar-refractivity contribution is -0.158. The van der Waals surface area contributed by atoms with Crippen LogP contribution in [0.3, 0.4) is 0 Å². The Labute approximate surface area is 142 Å². The number of rotatable bonds is 6. The lowest BCUT2D eigenvalue weighted by atomic mass is 10.1. The molecule has 0 saturated carbocycles. The van der Waals surface area contributed by atoms with Crippen molar-refractivity contribution < 1.29 is 19.1 Å². The number of nitrogens with zero attached hydrogens (tertiary/aromatic N) is 1. The first-order valence-corrected chi connectivity index (χ1v) is 8.34. The number of aryl methyl sites for hydroxylation is 1. The van der Waals surface area contributed by atoms with Crippen molar-refractivity contribution in [3.8, 4) is 0 Å². The van der Waals surface area contributed by atoms with Crippen LogP contribution in [0.4, 0.5) is 5.69 Å². The van der Waals surface area contributed by atoms with Gasteiger partial charge < -0.3 is 15.0 Å². The maximum Gasteiger partial charge on any atom is 0.312 e. The van der Waals surface area contributed by atoms with Crippen LogP contribution in [0.1, 0.15) is 32.8 Å². The number of likely N-dealkylation sites (N-methyl/N-ethyl adjacent to an activating group) is 1. The summed E-state index contributed by atoms with van der Waals surface area (Å²) in [5, 5.41) is 2.61. The summed E-state index contributed by atoms with van der Waals surface area (Å²) in [7, 11) is 0. The predicted octanol–water partition coefficient (Wildman–Crippen LogP) is 1.67. The van der Waals surface area contributed by atoms with Gasteiger partial charge in [-0.3, -0.25) is 14.4 Å². The van der Waals surface area contributed by atoms with Crippen LogP contribution in [0.5, 0.6) is 0 Å². The monoisotopic (exact) mass is 332 g/mol. The number of carbonyl (C=O) groups excluding carboxylic acids is 3. The third-order valence-corrected chi connectivity index (χ3v) is 4.13. The zero-order chi connectivity index (χ0) is 17.7. The van der Waals surface area contributed by atoms with Crippen molar-refractivity contribution in [3.05, 3.63) is 29.8 Å². The molecule has 0 bridgehead atoms. The molecule has 0 aromatic heterocycles. The smallest absolute Gasteiger partial charge is 0.312 e. The van der Waals surface area contributed by atoms with E-state index in [1.165, 1.54) is 6.92 Å². The van der Waals surface area contributed by atoms with E-state index in [9.17, 15) is 14.4 Å². The van der Waals surface area contributed by atoms with Gasteiger partial charge in [0.1, 0.15) is 0 Å². The quantitative estimate of drug-likeness (QED) is 0.804. The van der Waals surface area contributed by atoms with Gasteiger partial charge in [0.15, 0.2) is 6.10 Å². The van der Waals surface area contributed by atoms with E-state index in [0.717, 1.165) is 17.7 Å². The first-order chi connectivity index (χ1) is 11.5. The Balaban J connectivity index is 2.04. The maximum absolute atomic E-state index is 12.3. The Morgan fingerprint density at radius 3 is 2.71 bits per heavy atom. The van der Waals surface area contributed by atoms with E-state index in [-0.39, 0.29) is 24.8 Å². The Kier molecular flexibility index (Phi) is 5.95. The van der Waals surface area contributed by atoms with E-state index in [1.54, 1.807) is 11.8 Å². The second-order valence-electron chi connectivity index (χ2n) is 5.86. The van der Waals surface area contributed by atoms with Crippen molar-refractivity contribution in [1.29, 1.82) is 0 Å². The molecule has 1 aliphatic heterocycles. The van der Waals surface area contributed by atoms with Gasteiger partial charge in [0.05, 0.1) is 5.92 Å². The molecule has 6 heteroatoms. The second-order valence-corrected chi connectivity index (χ2v) is 5.86. The van der Waals surface area contributed by atoms with Gasteiger partial charge in [-0.2, -0.15) is 0 Å². The molecule has 2 amide bonds. The van der Waals surface area contributed by atoms with Crippen LogP contribution in [0, 0.1) is 5.92 Å². The molecule has 0 radical (unpaired) electrons. The summed E-state index contributed by atoms with van der Waals surface area (Å²) in [6.07, 6.45) is 0.0620. The molecule has 24 heavy (non-hydrogen) atoms. The summed E-state index contributed by atoms with van der Waals surface area (Å²) < 4.78 is 5.21. The minimum absolute atomic E-state index is 0.0940. The average molecular weight is 332 g/mol. The number of amides is 2. The molecular formula is C18H24N2O4. The third-order valence-electron chi connectivity index (χ3n) is 4.13. The van der Waals surface area contributed by atoms with E-state index < -0.39 is 18.0 Å². The molecular weight excluding hydrogens is 308 g/mol. The number of carbonyl (C=O) groups is 3. The number of anilines is 1. The zero-order valence-corrected chi connectivity index (χ0v) is 14.4. The van der Waals surface area contributed by atoms with Crippen molar-refractivity contribution in [1.82, 2.24) is 5.32 Å². The highest BCUT2D eigenvalue weighted by atomic mass is 16.5. The highest BCUT2D eigenvalue weighted by Gasteiger charge is 2.37. The van der Waals surface area contributed by atoms with E-state index in [0.29, 0.717) is 6.54 Å². The largest absolute Gasteiger partial charge is 0.452 e. The van der Waals surface area contributed by atoms with Crippen molar-refractivity contribution in [3.63, 3.8) is 0 Å². The highest BCUT2D eigenvalue weighted by molar-refractivity contribution is 6.00. The van der Waals surface area contributed by atoms with Gasteiger partial charge in [0.25, 0.3) is 5.91 Å². The number of para-hydroxylation sites is 1. The van der Waals surface area contributed by atoms with E-state index in [1.807, 2.05) is 31.2 Å². The van der Waals surface area contributed by atoms with E-state index >= 15 is 0 Å². The van der Waals surface area contributed by atoms with Gasteiger partial charge in [0, 0.05) is 25.2 Å². The highest BCUT2D eigenvalue weighted by Crippen LogP contribution is 2.29. The fourth-order valence-electron chi connectivity index (χ4n) is 2.81. The Bertz CT molecular complexity index is 629. The minimum Gasteiger partial charge on any atom is -0.452 e. The molecule has 130 valence electrons. The van der Waals surface area contributed by atoms with Crippen LogP contribution in [-0.4, -0.2) is 37.0 Å². The van der Waals surface area contributed by atoms with Crippen LogP contribution < -0.4 is 10.2 Å². The number of benzene rings is 1. The van der Waals surface area contributed by atoms with Crippen LogP contribution in [0.2, 0.25) is 0 Å². The van der Waals surface area contributed by atoms with Gasteiger partial charge in [-0.15, -0.1) is 0 Å². The fraction of sp³-hybridized carbons (Fsp3) is 0.500. The molecule has 2 atom stereocenters. The molecule has 6 nitrogen and oxygen atoms in total. The molecule has 1 aromatic rings. The van der Waals surface area contributed by atoms with Gasteiger partial charge in [-0.1, -0.05) is 25.1 Å². The summed E-state index contributed by atoms with van der Waals surface area (Å²) in [5.74, 6) is -1.47. The second kappa shape index (κ2) is 7.95. The fourth-order valence-corrected chi connectivity index (χ4v) is 2.81. The zero-order valence-electron chi connectivity index (χ0n) is 14.4. The third kappa shape index (κ3) is 3.93. The van der Waals surface area contributed by atoms with Gasteiger partial charge in [-0.25, -0.2) is 0 Å². The molecule has 1 aliphatic rings. The number of hydrogen-bond donors (Lipinski definition) is 1. The van der Waals surface area contributed by atoms with E-state index in [2.05, 4.69) is 5.32 Å². The Morgan fingerprint density at radius 2 is 2.04 bits per heavy atom. The molecule has 0 unspecified atom stereocenters. The number of esters is 1. The Morgan fingerprint density at radius 1 is 1.33 bits per heavy atom. The first kappa shape index (κ1) is 18.0. The Hall–Kier alpha value is -2.37. The summed E-state index contributed by atoms with van der Waals surface area (Å²) >= 11 is 0. The molecule has 1 N–H and O–H groups in total. The molecule has 1 saturated heterocycles. The number of nitrogens with one attached hydrogen (secondary N) is 1. The van der Waals surface area contributed by atoms with Gasteiger partial charge >= 0.3 is 5.97 Å². The molecule has 0 spiro atoms. The van der Waals surface area contributed by atoms with Crippen LogP contribution >= 0.6 is 0 Å². The maximum atomic E-state index is 12.3. The normalized spacial score (nSPS) is 18.4. The SMILES string of the molecule is CCNC(=O)[C@H](C)OC(=O)[C@@H]1CC(=O)N(c2ccccc2CC)C1. The summed E-state index contributed by atoms with van der Waals surface area (Å²) in [6, 6.07) is 7.68. The van der Waals surface area contributed by atoms with Crippen molar-refractivity contribution in [2.75, 3.05) is 18.0 Å². The van der Waals surface area contributed by atoms with Crippen molar-refractivity contribution in [2.45, 2.75) is 39.7 Å². The van der Waals surface area contributed by atoms with Gasteiger partial charge in [0.2, 0.25) is 5.91 Å².